The van der Waals surface area contributed by atoms with E-state index in [2.05, 4.69) is 91.4 Å². The molecular formula is C24H19NS. The fourth-order valence-electron chi connectivity index (χ4n) is 3.04. The number of hydrogen-bond acceptors (Lipinski definition) is 2. The predicted octanol–water partition coefficient (Wildman–Crippen LogP) is 6.41. The fraction of sp³-hybridized carbons (Fsp3) is 0.125. The minimum Gasteiger partial charge on any atom is -0.195 e. The average molecular weight is 353 g/mol. The van der Waals surface area contributed by atoms with E-state index in [-0.39, 0.29) is 0 Å². The number of rotatable bonds is 2. The molecule has 126 valence electrons. The van der Waals surface area contributed by atoms with E-state index in [1.807, 2.05) is 24.3 Å². The molecule has 0 spiro atoms. The molecule has 1 nitrogen and oxygen atoms in total. The van der Waals surface area contributed by atoms with Gasteiger partial charge in [-0.1, -0.05) is 53.8 Å². The molecule has 0 radical (unpaired) electrons. The lowest BCUT2D eigenvalue weighted by molar-refractivity contribution is 1.30. The van der Waals surface area contributed by atoms with Gasteiger partial charge in [-0.05, 0) is 79.5 Å². The number of aliphatic imine (C=N–C) groups is 1. The zero-order valence-corrected chi connectivity index (χ0v) is 15.9. The molecule has 0 heterocycles. The van der Waals surface area contributed by atoms with Crippen LogP contribution in [-0.2, 0) is 0 Å². The van der Waals surface area contributed by atoms with Crippen molar-refractivity contribution in [3.05, 3.63) is 88.5 Å². The number of nitrogens with zero attached hydrogens (tertiary/aromatic N) is 1. The highest BCUT2D eigenvalue weighted by Crippen LogP contribution is 2.23. The first-order valence-electron chi connectivity index (χ1n) is 8.45. The molecule has 3 aromatic rings. The maximum absolute atomic E-state index is 4.63. The van der Waals surface area contributed by atoms with Crippen molar-refractivity contribution in [2.45, 2.75) is 20.8 Å². The van der Waals surface area contributed by atoms with Gasteiger partial charge in [-0.25, -0.2) is 0 Å². The molecular weight excluding hydrogens is 334 g/mol. The number of benzene rings is 3. The van der Waals surface area contributed by atoms with Gasteiger partial charge >= 0.3 is 0 Å². The van der Waals surface area contributed by atoms with Crippen LogP contribution in [0.4, 0.5) is 5.69 Å². The topological polar surface area (TPSA) is 12.4 Å². The van der Waals surface area contributed by atoms with Crippen molar-refractivity contribution < 1.29 is 0 Å². The number of hydrogen-bond donors (Lipinski definition) is 0. The SMILES string of the molecule is Cc1cc(C)c(C#Cc2ccc(-c3ccc(N=C=S)cc3)cc2)c(C)c1. The summed E-state index contributed by atoms with van der Waals surface area (Å²) in [6.45, 7) is 6.35. The minimum absolute atomic E-state index is 0.815. The molecule has 0 N–H and O–H groups in total. The van der Waals surface area contributed by atoms with Crippen LogP contribution in [-0.4, -0.2) is 5.16 Å². The second-order valence-electron chi connectivity index (χ2n) is 6.35. The molecule has 0 aliphatic carbocycles. The molecule has 0 bridgehead atoms. The van der Waals surface area contributed by atoms with Gasteiger partial charge in [0.2, 0.25) is 0 Å². The van der Waals surface area contributed by atoms with Gasteiger partial charge in [0.15, 0.2) is 0 Å². The third kappa shape index (κ3) is 4.16. The lowest BCUT2D eigenvalue weighted by Crippen LogP contribution is -1.89. The van der Waals surface area contributed by atoms with Crippen LogP contribution in [0.1, 0.15) is 27.8 Å². The summed E-state index contributed by atoms with van der Waals surface area (Å²) in [5, 5.41) is 2.38. The van der Waals surface area contributed by atoms with E-state index in [1.165, 1.54) is 16.7 Å². The maximum Gasteiger partial charge on any atom is 0.0739 e. The Hall–Kier alpha value is -2.98. The molecule has 3 aromatic carbocycles. The molecule has 26 heavy (non-hydrogen) atoms. The molecule has 0 fully saturated rings. The average Bonchev–Trinajstić information content (AvgIpc) is 2.62. The van der Waals surface area contributed by atoms with E-state index < -0.39 is 0 Å². The molecule has 0 aliphatic heterocycles. The van der Waals surface area contributed by atoms with Crippen molar-refractivity contribution in [3.63, 3.8) is 0 Å². The van der Waals surface area contributed by atoms with E-state index in [1.54, 1.807) is 0 Å². The fourth-order valence-corrected chi connectivity index (χ4v) is 3.14. The van der Waals surface area contributed by atoms with Gasteiger partial charge in [-0.15, -0.1) is 0 Å². The quantitative estimate of drug-likeness (QED) is 0.294. The van der Waals surface area contributed by atoms with Gasteiger partial charge in [0.25, 0.3) is 0 Å². The third-order valence-corrected chi connectivity index (χ3v) is 4.36. The van der Waals surface area contributed by atoms with Crippen LogP contribution < -0.4 is 0 Å². The van der Waals surface area contributed by atoms with E-state index in [9.17, 15) is 0 Å². The van der Waals surface area contributed by atoms with Crippen LogP contribution in [0.15, 0.2) is 65.7 Å². The van der Waals surface area contributed by atoms with Crippen LogP contribution in [0.25, 0.3) is 11.1 Å². The second-order valence-corrected chi connectivity index (χ2v) is 6.53. The molecule has 0 atom stereocenters. The van der Waals surface area contributed by atoms with Gasteiger partial charge < -0.3 is 0 Å². The molecule has 0 saturated carbocycles. The normalized spacial score (nSPS) is 9.81. The summed E-state index contributed by atoms with van der Waals surface area (Å²) in [6.07, 6.45) is 0. The molecule has 2 heteroatoms. The van der Waals surface area contributed by atoms with Gasteiger partial charge in [0.1, 0.15) is 0 Å². The number of aryl methyl sites for hydroxylation is 3. The lowest BCUT2D eigenvalue weighted by Gasteiger charge is -2.05. The smallest absolute Gasteiger partial charge is 0.0739 e. The highest BCUT2D eigenvalue weighted by molar-refractivity contribution is 7.78. The lowest BCUT2D eigenvalue weighted by atomic mass is 9.99. The Morgan fingerprint density at radius 2 is 1.27 bits per heavy atom. The number of thiocarbonyl (C=S) groups is 1. The van der Waals surface area contributed by atoms with Crippen molar-refractivity contribution in [1.82, 2.24) is 0 Å². The maximum atomic E-state index is 4.63. The first-order chi connectivity index (χ1) is 12.6. The summed E-state index contributed by atoms with van der Waals surface area (Å²) in [5.74, 6) is 6.61. The third-order valence-electron chi connectivity index (χ3n) is 4.27. The molecule has 0 aliphatic rings. The van der Waals surface area contributed by atoms with Gasteiger partial charge in [-0.3, -0.25) is 0 Å². The Balaban J connectivity index is 1.84. The molecule has 0 amide bonds. The number of isothiocyanates is 1. The van der Waals surface area contributed by atoms with E-state index >= 15 is 0 Å². The summed E-state index contributed by atoms with van der Waals surface area (Å²) in [5.41, 5.74) is 8.96. The van der Waals surface area contributed by atoms with Crippen LogP contribution in [0.2, 0.25) is 0 Å². The first kappa shape index (κ1) is 17.8. The van der Waals surface area contributed by atoms with Crippen LogP contribution in [0.5, 0.6) is 0 Å². The zero-order chi connectivity index (χ0) is 18.5. The largest absolute Gasteiger partial charge is 0.195 e. The Labute approximate surface area is 160 Å². The first-order valence-corrected chi connectivity index (χ1v) is 8.86. The standard InChI is InChI=1S/C24H19NS/c1-17-14-18(2)24(19(3)15-17)13-6-20-4-7-21(8-5-20)22-9-11-23(12-10-22)25-16-26/h4-5,7-12,14-15H,1-3H3. The monoisotopic (exact) mass is 353 g/mol. The summed E-state index contributed by atoms with van der Waals surface area (Å²) in [7, 11) is 0. The summed E-state index contributed by atoms with van der Waals surface area (Å²) in [4.78, 5) is 3.97. The van der Waals surface area contributed by atoms with Crippen molar-refractivity contribution >= 4 is 23.1 Å². The van der Waals surface area contributed by atoms with Crippen LogP contribution in [0.3, 0.4) is 0 Å². The van der Waals surface area contributed by atoms with E-state index in [0.717, 1.165) is 27.9 Å². The summed E-state index contributed by atoms with van der Waals surface area (Å²) < 4.78 is 0. The predicted molar refractivity (Wildman–Crippen MR) is 113 cm³/mol. The Bertz CT molecular complexity index is 1020. The van der Waals surface area contributed by atoms with Crippen molar-refractivity contribution in [3.8, 4) is 23.0 Å². The minimum atomic E-state index is 0.815. The molecule has 0 unspecified atom stereocenters. The van der Waals surface area contributed by atoms with E-state index in [0.29, 0.717) is 0 Å². The molecule has 0 saturated heterocycles. The second kappa shape index (κ2) is 7.93. The van der Waals surface area contributed by atoms with Gasteiger partial charge in [0, 0.05) is 11.1 Å². The molecule has 0 aromatic heterocycles. The zero-order valence-electron chi connectivity index (χ0n) is 15.1. The highest BCUT2D eigenvalue weighted by Gasteiger charge is 2.01. The molecule has 3 rings (SSSR count). The van der Waals surface area contributed by atoms with Crippen molar-refractivity contribution in [1.29, 1.82) is 0 Å². The van der Waals surface area contributed by atoms with Crippen molar-refractivity contribution in [2.24, 2.45) is 4.99 Å². The Morgan fingerprint density at radius 1 is 0.731 bits per heavy atom. The summed E-state index contributed by atoms with van der Waals surface area (Å²) >= 11 is 4.63. The van der Waals surface area contributed by atoms with Gasteiger partial charge in [-0.2, -0.15) is 4.99 Å². The van der Waals surface area contributed by atoms with Crippen molar-refractivity contribution in [2.75, 3.05) is 0 Å². The summed E-state index contributed by atoms with van der Waals surface area (Å²) in [6, 6.07) is 20.6. The van der Waals surface area contributed by atoms with Crippen LogP contribution in [0, 0.1) is 32.6 Å². The van der Waals surface area contributed by atoms with Crippen LogP contribution >= 0.6 is 12.2 Å². The Kier molecular flexibility index (Phi) is 5.44. The highest BCUT2D eigenvalue weighted by atomic mass is 32.1. The van der Waals surface area contributed by atoms with Gasteiger partial charge in [0.05, 0.1) is 10.8 Å². The van der Waals surface area contributed by atoms with E-state index in [4.69, 9.17) is 0 Å². The Morgan fingerprint density at radius 3 is 1.81 bits per heavy atom.